The normalized spacial score (nSPS) is 10.5. The number of rotatable bonds is 4. The molecule has 1 aromatic heterocycles. The molecular weight excluding hydrogens is 366 g/mol. The zero-order valence-corrected chi connectivity index (χ0v) is 15.9. The standard InChI is InChI=1S/C24H17NO4/c1-15-21-13-20(27-2)11-12-22(21)29-23(15)24(26)28-19-9-7-18(8-10-19)17-5-3-16(14-25)4-6-17/h3-13H,1-2H3. The third kappa shape index (κ3) is 3.56. The van der Waals surface area contributed by atoms with Gasteiger partial charge in [-0.15, -0.1) is 0 Å². The van der Waals surface area contributed by atoms with Crippen molar-refractivity contribution in [3.05, 3.63) is 83.6 Å². The number of hydrogen-bond acceptors (Lipinski definition) is 5. The summed E-state index contributed by atoms with van der Waals surface area (Å²) in [7, 11) is 1.59. The molecule has 3 aromatic carbocycles. The van der Waals surface area contributed by atoms with Gasteiger partial charge in [0.1, 0.15) is 17.1 Å². The molecule has 5 heteroatoms. The van der Waals surface area contributed by atoms with Crippen molar-refractivity contribution in [2.75, 3.05) is 7.11 Å². The lowest BCUT2D eigenvalue weighted by Gasteiger charge is -2.05. The molecule has 0 saturated carbocycles. The fourth-order valence-corrected chi connectivity index (χ4v) is 3.13. The van der Waals surface area contributed by atoms with Crippen LogP contribution in [0.5, 0.6) is 11.5 Å². The molecule has 142 valence electrons. The van der Waals surface area contributed by atoms with Crippen LogP contribution in [-0.2, 0) is 0 Å². The Bertz CT molecular complexity index is 1230. The Morgan fingerprint density at radius 3 is 2.17 bits per heavy atom. The molecule has 0 unspecified atom stereocenters. The van der Waals surface area contributed by atoms with Crippen molar-refractivity contribution in [3.8, 4) is 28.7 Å². The lowest BCUT2D eigenvalue weighted by Crippen LogP contribution is -2.08. The highest BCUT2D eigenvalue weighted by molar-refractivity contribution is 5.97. The monoisotopic (exact) mass is 383 g/mol. The van der Waals surface area contributed by atoms with Gasteiger partial charge in [0.25, 0.3) is 0 Å². The Labute approximate surface area is 167 Å². The maximum Gasteiger partial charge on any atom is 0.379 e. The van der Waals surface area contributed by atoms with Crippen LogP contribution in [0.4, 0.5) is 0 Å². The van der Waals surface area contributed by atoms with E-state index >= 15 is 0 Å². The zero-order valence-electron chi connectivity index (χ0n) is 15.9. The second-order valence-electron chi connectivity index (χ2n) is 6.52. The van der Waals surface area contributed by atoms with Crippen LogP contribution in [0, 0.1) is 18.3 Å². The van der Waals surface area contributed by atoms with E-state index in [1.807, 2.05) is 37.3 Å². The smallest absolute Gasteiger partial charge is 0.379 e. The summed E-state index contributed by atoms with van der Waals surface area (Å²) < 4.78 is 16.4. The van der Waals surface area contributed by atoms with E-state index in [1.165, 1.54) is 0 Å². The predicted molar refractivity (Wildman–Crippen MR) is 109 cm³/mol. The molecule has 4 rings (SSSR count). The van der Waals surface area contributed by atoms with E-state index in [0.29, 0.717) is 28.2 Å². The van der Waals surface area contributed by atoms with Gasteiger partial charge >= 0.3 is 5.97 Å². The Kier molecular flexibility index (Phi) is 4.76. The van der Waals surface area contributed by atoms with Crippen LogP contribution in [0.1, 0.15) is 21.7 Å². The second kappa shape index (κ2) is 7.53. The quantitative estimate of drug-likeness (QED) is 0.343. The van der Waals surface area contributed by atoms with Gasteiger partial charge in [0.15, 0.2) is 0 Å². The number of methoxy groups -OCH3 is 1. The van der Waals surface area contributed by atoms with Gasteiger partial charge < -0.3 is 13.9 Å². The summed E-state index contributed by atoms with van der Waals surface area (Å²) in [5.74, 6) is 0.734. The number of nitrogens with zero attached hydrogens (tertiary/aromatic N) is 1. The number of ether oxygens (including phenoxy) is 2. The maximum atomic E-state index is 12.6. The van der Waals surface area contributed by atoms with Crippen molar-refractivity contribution in [2.24, 2.45) is 0 Å². The number of fused-ring (bicyclic) bond motifs is 1. The van der Waals surface area contributed by atoms with Crippen molar-refractivity contribution in [3.63, 3.8) is 0 Å². The third-order valence-corrected chi connectivity index (χ3v) is 4.74. The molecule has 0 atom stereocenters. The van der Waals surface area contributed by atoms with Gasteiger partial charge in [-0.25, -0.2) is 4.79 Å². The SMILES string of the molecule is COc1ccc2oc(C(=O)Oc3ccc(-c4ccc(C#N)cc4)cc3)c(C)c2c1. The molecule has 0 fully saturated rings. The fourth-order valence-electron chi connectivity index (χ4n) is 3.13. The van der Waals surface area contributed by atoms with Crippen LogP contribution >= 0.6 is 0 Å². The minimum absolute atomic E-state index is 0.171. The van der Waals surface area contributed by atoms with E-state index < -0.39 is 5.97 Å². The van der Waals surface area contributed by atoms with Gasteiger partial charge in [-0.3, -0.25) is 0 Å². The number of esters is 1. The number of furan rings is 1. The van der Waals surface area contributed by atoms with Gasteiger partial charge in [0.2, 0.25) is 5.76 Å². The van der Waals surface area contributed by atoms with Crippen molar-refractivity contribution in [1.82, 2.24) is 0 Å². The topological polar surface area (TPSA) is 72.5 Å². The number of hydrogen-bond donors (Lipinski definition) is 0. The molecular formula is C24H17NO4. The molecule has 0 aliphatic carbocycles. The van der Waals surface area contributed by atoms with E-state index in [2.05, 4.69) is 6.07 Å². The average Bonchev–Trinajstić information content (AvgIpc) is 3.10. The molecule has 0 aliphatic rings. The zero-order chi connectivity index (χ0) is 20.4. The Hall–Kier alpha value is -4.04. The molecule has 0 saturated heterocycles. The highest BCUT2D eigenvalue weighted by atomic mass is 16.5. The molecule has 29 heavy (non-hydrogen) atoms. The lowest BCUT2D eigenvalue weighted by atomic mass is 10.0. The Morgan fingerprint density at radius 2 is 1.55 bits per heavy atom. The minimum Gasteiger partial charge on any atom is -0.497 e. The third-order valence-electron chi connectivity index (χ3n) is 4.74. The molecule has 0 bridgehead atoms. The summed E-state index contributed by atoms with van der Waals surface area (Å²) in [6, 6.07) is 22.0. The van der Waals surface area contributed by atoms with Gasteiger partial charge in [0, 0.05) is 10.9 Å². The van der Waals surface area contributed by atoms with Crippen molar-refractivity contribution in [1.29, 1.82) is 5.26 Å². The van der Waals surface area contributed by atoms with Crippen LogP contribution in [0.25, 0.3) is 22.1 Å². The lowest BCUT2D eigenvalue weighted by molar-refractivity contribution is 0.0703. The Morgan fingerprint density at radius 1 is 0.931 bits per heavy atom. The van der Waals surface area contributed by atoms with Crippen LogP contribution in [0.2, 0.25) is 0 Å². The fraction of sp³-hybridized carbons (Fsp3) is 0.0833. The minimum atomic E-state index is -0.552. The summed E-state index contributed by atoms with van der Waals surface area (Å²) in [5, 5.41) is 9.71. The molecule has 5 nitrogen and oxygen atoms in total. The first-order valence-electron chi connectivity index (χ1n) is 8.99. The highest BCUT2D eigenvalue weighted by Gasteiger charge is 2.20. The van der Waals surface area contributed by atoms with Crippen LogP contribution in [0.15, 0.2) is 71.1 Å². The molecule has 0 N–H and O–H groups in total. The van der Waals surface area contributed by atoms with Gasteiger partial charge in [0.05, 0.1) is 18.7 Å². The summed E-state index contributed by atoms with van der Waals surface area (Å²) in [6.07, 6.45) is 0. The van der Waals surface area contributed by atoms with Crippen LogP contribution in [-0.4, -0.2) is 13.1 Å². The number of nitriles is 1. The molecule has 4 aromatic rings. The highest BCUT2D eigenvalue weighted by Crippen LogP contribution is 2.30. The summed E-state index contributed by atoms with van der Waals surface area (Å²) >= 11 is 0. The van der Waals surface area contributed by atoms with E-state index in [0.717, 1.165) is 16.5 Å². The molecule has 0 amide bonds. The number of carbonyl (C=O) groups is 1. The first-order chi connectivity index (χ1) is 14.1. The van der Waals surface area contributed by atoms with Gasteiger partial charge in [-0.05, 0) is 60.5 Å². The van der Waals surface area contributed by atoms with Crippen molar-refractivity contribution >= 4 is 16.9 Å². The van der Waals surface area contributed by atoms with E-state index in [1.54, 1.807) is 43.5 Å². The molecule has 1 heterocycles. The van der Waals surface area contributed by atoms with E-state index in [9.17, 15) is 4.79 Å². The Balaban J connectivity index is 1.54. The largest absolute Gasteiger partial charge is 0.497 e. The van der Waals surface area contributed by atoms with Gasteiger partial charge in [-0.2, -0.15) is 5.26 Å². The van der Waals surface area contributed by atoms with E-state index in [-0.39, 0.29) is 5.76 Å². The molecule has 0 radical (unpaired) electrons. The number of aryl methyl sites for hydroxylation is 1. The average molecular weight is 383 g/mol. The first kappa shape index (κ1) is 18.3. The molecule has 0 aliphatic heterocycles. The number of benzene rings is 3. The maximum absolute atomic E-state index is 12.6. The predicted octanol–water partition coefficient (Wildman–Crippen LogP) is 5.51. The summed E-state index contributed by atoms with van der Waals surface area (Å²) in [4.78, 5) is 12.6. The van der Waals surface area contributed by atoms with Crippen LogP contribution in [0.3, 0.4) is 0 Å². The van der Waals surface area contributed by atoms with Crippen molar-refractivity contribution in [2.45, 2.75) is 6.92 Å². The van der Waals surface area contributed by atoms with E-state index in [4.69, 9.17) is 19.2 Å². The number of carbonyl (C=O) groups excluding carboxylic acids is 1. The van der Waals surface area contributed by atoms with Crippen LogP contribution < -0.4 is 9.47 Å². The first-order valence-corrected chi connectivity index (χ1v) is 8.99. The summed E-state index contributed by atoms with van der Waals surface area (Å²) in [5.41, 5.74) is 3.85. The molecule has 0 spiro atoms. The second-order valence-corrected chi connectivity index (χ2v) is 6.52. The van der Waals surface area contributed by atoms with Crippen molar-refractivity contribution < 1.29 is 18.7 Å². The summed E-state index contributed by atoms with van der Waals surface area (Å²) in [6.45, 7) is 1.82. The van der Waals surface area contributed by atoms with Gasteiger partial charge in [-0.1, -0.05) is 24.3 Å².